The van der Waals surface area contributed by atoms with Gasteiger partial charge >= 0.3 is 6.09 Å². The number of nitrogens with zero attached hydrogens (tertiary/aromatic N) is 2. The highest BCUT2D eigenvalue weighted by atomic mass is 16.6. The Hall–Kier alpha value is -2.33. The van der Waals surface area contributed by atoms with Gasteiger partial charge in [-0.3, -0.25) is 4.90 Å². The number of carbonyl (C=O) groups excluding carboxylic acids is 1. The molecule has 4 nitrogen and oxygen atoms in total. The highest BCUT2D eigenvalue weighted by Crippen LogP contribution is 2.23. The first-order chi connectivity index (χ1) is 25.0. The summed E-state index contributed by atoms with van der Waals surface area (Å²) in [4.78, 5) is 11.5. The van der Waals surface area contributed by atoms with Gasteiger partial charge in [-0.15, -0.1) is 0 Å². The molecule has 150 valence electrons. The molecule has 0 aliphatic carbocycles. The number of hydrogen-bond acceptors (Lipinski definition) is 3. The Kier molecular flexibility index (Phi) is 1.61. The average molecular weight is 410 g/mol. The van der Waals surface area contributed by atoms with Crippen molar-refractivity contribution in [2.75, 3.05) is 13.0 Å². The third-order valence-corrected chi connectivity index (χ3v) is 2.72. The zero-order valence-corrected chi connectivity index (χ0v) is 14.2. The van der Waals surface area contributed by atoms with Gasteiger partial charge in [-0.25, -0.2) is 4.79 Å². The van der Waals surface area contributed by atoms with Gasteiger partial charge < -0.3 is 9.64 Å². The molecule has 0 atom stereocenters. The number of amides is 1. The molecule has 0 radical (unpaired) electrons. The van der Waals surface area contributed by atoms with Gasteiger partial charge in [0.15, 0.2) is 0 Å². The van der Waals surface area contributed by atoms with E-state index in [9.17, 15) is 6.17 Å². The van der Waals surface area contributed by atoms with Crippen LogP contribution in [0.1, 0.15) is 84.3 Å². The number of hydrogen-bond donors (Lipinski definition) is 0. The Labute approximate surface area is 209 Å². The fraction of sp³-hybridized carbons (Fsp3) is 0.458. The fourth-order valence-corrected chi connectivity index (χ4v) is 1.68. The van der Waals surface area contributed by atoms with E-state index in [1.165, 1.54) is 0 Å². The van der Waals surface area contributed by atoms with Crippen molar-refractivity contribution in [3.05, 3.63) is 71.6 Å². The first-order valence-corrected chi connectivity index (χ1v) is 7.45. The molecule has 1 fully saturated rings. The minimum atomic E-state index is -5.01. The van der Waals surface area contributed by atoms with Crippen molar-refractivity contribution in [3.63, 3.8) is 0 Å². The molecule has 0 aromatic heterocycles. The second-order valence-electron chi connectivity index (χ2n) is 5.12. The molecule has 4 heteroatoms. The van der Waals surface area contributed by atoms with Crippen LogP contribution in [0.15, 0.2) is 60.4 Å². The number of ether oxygens (including phenoxy) is 1. The summed E-state index contributed by atoms with van der Waals surface area (Å²) >= 11 is 0. The molecule has 2 aromatic carbocycles. The van der Waals surface area contributed by atoms with Crippen LogP contribution in [0.5, 0.6) is 0 Å². The second kappa shape index (κ2) is 9.24. The van der Waals surface area contributed by atoms with Crippen LogP contribution in [0.3, 0.4) is 0 Å². The molecule has 0 saturated carbocycles. The lowest BCUT2D eigenvalue weighted by atomic mass is 10.0. The lowest BCUT2D eigenvalue weighted by molar-refractivity contribution is 0.0131. The van der Waals surface area contributed by atoms with Gasteiger partial charge in [0, 0.05) is 58.0 Å². The first kappa shape index (κ1) is 4.86. The molecular weight excluding hydrogens is 348 g/mol. The van der Waals surface area contributed by atoms with Crippen molar-refractivity contribution in [3.8, 4) is 0 Å². The summed E-state index contributed by atoms with van der Waals surface area (Å²) in [5.74, 6) is 0. The number of benzene rings is 2. The monoisotopic (exact) mass is 409 g/mol. The van der Waals surface area contributed by atoms with Gasteiger partial charge in [0.1, 0.15) is 5.60 Å². The van der Waals surface area contributed by atoms with E-state index in [2.05, 4.69) is 4.74 Å². The normalized spacial score (nSPS) is 40.9. The predicted molar refractivity (Wildman–Crippen MR) is 113 cm³/mol. The third kappa shape index (κ3) is 6.10. The lowest BCUT2D eigenvalue weighted by Crippen LogP contribution is -2.47. The van der Waals surface area contributed by atoms with E-state index >= 15 is 0 Å². The molecular formula is C24H32N2O2. The van der Waals surface area contributed by atoms with Crippen molar-refractivity contribution in [2.45, 2.75) is 58.0 Å². The van der Waals surface area contributed by atoms with Crippen LogP contribution in [0.4, 0.5) is 4.79 Å². The van der Waals surface area contributed by atoms with E-state index < -0.39 is 152 Å². The minimum Gasteiger partial charge on any atom is -0.444 e. The van der Waals surface area contributed by atoms with Gasteiger partial charge in [0.2, 0.25) is 0 Å². The van der Waals surface area contributed by atoms with Crippen molar-refractivity contribution >= 4 is 6.09 Å². The summed E-state index contributed by atoms with van der Waals surface area (Å²) in [5, 5.41) is 0. The topological polar surface area (TPSA) is 32.8 Å². The Bertz CT molecular complexity index is 1800. The van der Waals surface area contributed by atoms with Crippen molar-refractivity contribution in [1.29, 1.82) is 0 Å². The largest absolute Gasteiger partial charge is 0.444 e. The summed E-state index contributed by atoms with van der Waals surface area (Å²) in [6, 6.07) is -19.1. The third-order valence-electron chi connectivity index (χ3n) is 2.72. The summed E-state index contributed by atoms with van der Waals surface area (Å²) in [7, 11) is 0. The smallest absolute Gasteiger partial charge is 0.410 e. The van der Waals surface area contributed by atoms with E-state index in [-0.39, 0.29) is 6.92 Å². The molecule has 0 spiro atoms. The molecule has 2 aromatic rings. The molecule has 0 unspecified atom stereocenters. The number of rotatable bonds is 5. The van der Waals surface area contributed by atoms with Crippen LogP contribution < -0.4 is 0 Å². The zero-order valence-electron chi connectivity index (χ0n) is 43.2. The standard InChI is InChI=1S/C24H32N2O2/c1-24(2,3)28-23(27)25-16-14-22(15-17-25)26(18-20-10-6-4-7-11-20)19-21-12-8-5-9-13-21/h4-13,22H,14-19H2,1-3H3/i1D3,2D3,4D,5D,6D,7D,8D,9D,10D,11D,12D,13D,14D2,15D2,16D2,17D2,18D2,19D2,22D. The second-order valence-corrected chi connectivity index (χ2v) is 5.12. The predicted octanol–water partition coefficient (Wildman–Crippen LogP) is 5.09. The van der Waals surface area contributed by atoms with Crippen LogP contribution >= 0.6 is 0 Å². The molecule has 3 rings (SSSR count). The zero-order chi connectivity index (χ0) is 45.4. The van der Waals surface area contributed by atoms with Crippen molar-refractivity contribution in [2.24, 2.45) is 0 Å². The maximum atomic E-state index is 13.7. The van der Waals surface area contributed by atoms with Crippen LogP contribution in [0, 0.1) is 0 Å². The molecule has 1 saturated heterocycles. The highest BCUT2D eigenvalue weighted by molar-refractivity contribution is 5.68. The summed E-state index contributed by atoms with van der Waals surface area (Å²) < 4.78 is 249. The van der Waals surface area contributed by atoms with Gasteiger partial charge in [-0.1, -0.05) is 60.4 Å². The fourth-order valence-electron chi connectivity index (χ4n) is 1.68. The Balaban J connectivity index is 2.68. The van der Waals surface area contributed by atoms with E-state index in [4.69, 9.17) is 38.4 Å². The van der Waals surface area contributed by atoms with Gasteiger partial charge in [-0.05, 0) is 44.5 Å². The highest BCUT2D eigenvalue weighted by Gasteiger charge is 2.29. The average Bonchev–Trinajstić information content (AvgIpc) is 3.01. The van der Waals surface area contributed by atoms with Gasteiger partial charge in [0.25, 0.3) is 0 Å². The number of likely N-dealkylation sites (tertiary alicyclic amines) is 1. The molecule has 1 heterocycles. The van der Waals surface area contributed by atoms with Gasteiger partial charge in [0.05, 0.1) is 13.7 Å². The van der Waals surface area contributed by atoms with E-state index in [0.717, 1.165) is 0 Å². The minimum absolute atomic E-state index is 0.281. The molecule has 1 aliphatic heterocycles. The Morgan fingerprint density at radius 3 is 2.14 bits per heavy atom. The van der Waals surface area contributed by atoms with Crippen LogP contribution in [-0.4, -0.2) is 40.5 Å². The Morgan fingerprint density at radius 2 is 1.68 bits per heavy atom. The Morgan fingerprint density at radius 1 is 1.18 bits per heavy atom. The molecule has 1 aliphatic rings. The van der Waals surface area contributed by atoms with E-state index in [1.807, 2.05) is 0 Å². The summed E-state index contributed by atoms with van der Waals surface area (Å²) in [6.45, 7) is -25.9. The summed E-state index contributed by atoms with van der Waals surface area (Å²) in [5.41, 5.74) is -7.14. The van der Waals surface area contributed by atoms with Gasteiger partial charge in [-0.2, -0.15) is 0 Å². The van der Waals surface area contributed by atoms with E-state index in [0.29, 0.717) is 0 Å². The quantitative estimate of drug-likeness (QED) is 0.689. The number of carbonyl (C=O) groups is 1. The van der Waals surface area contributed by atoms with Crippen LogP contribution in [0.25, 0.3) is 0 Å². The maximum Gasteiger partial charge on any atom is 0.410 e. The molecule has 0 bridgehead atoms. The first-order valence-electron chi connectivity index (χ1n) is 22.0. The van der Waals surface area contributed by atoms with Crippen molar-refractivity contribution in [1.82, 2.24) is 9.80 Å². The lowest BCUT2D eigenvalue weighted by Gasteiger charge is -2.39. The van der Waals surface area contributed by atoms with E-state index in [1.54, 1.807) is 0 Å². The summed E-state index contributed by atoms with van der Waals surface area (Å²) in [6.07, 6.45) is -12.5. The maximum absolute atomic E-state index is 13.7. The molecule has 28 heavy (non-hydrogen) atoms. The van der Waals surface area contributed by atoms with Crippen molar-refractivity contribution < 1.29 is 49.3 Å². The SMILES string of the molecule is [2H]c1c([2H])c([2H])c(C([2H])([2H])N(C([2H])([2H])c2c([2H])c([2H])c([2H])c([2H])c2[2H])C2([2H])C([2H])([2H])C([2H])([2H])N(C(=O)OC(C)(C([2H])([2H])[2H])C([2H])([2H])[2H])C([2H])([2H])C2([2H])[2H])c([2H])c1[2H]. The number of piperidine rings is 1. The van der Waals surface area contributed by atoms with Crippen LogP contribution in [0.2, 0.25) is 0 Å². The molecule has 1 amide bonds. The van der Waals surface area contributed by atoms with Crippen LogP contribution in [-0.2, 0) is 17.7 Å². The molecule has 0 N–H and O–H groups in total.